The Kier molecular flexibility index (Phi) is 3.70. The molecule has 1 saturated carbocycles. The van der Waals surface area contributed by atoms with Gasteiger partial charge in [-0.15, -0.1) is 11.3 Å². The van der Waals surface area contributed by atoms with Crippen LogP contribution in [-0.4, -0.2) is 35.0 Å². The number of anilines is 1. The van der Waals surface area contributed by atoms with E-state index in [1.54, 1.807) is 11.3 Å². The minimum absolute atomic E-state index is 0.0146. The van der Waals surface area contributed by atoms with Gasteiger partial charge in [-0.3, -0.25) is 4.79 Å². The number of hydrogen-bond acceptors (Lipinski definition) is 6. The van der Waals surface area contributed by atoms with Crippen molar-refractivity contribution in [2.45, 2.75) is 31.7 Å². The second kappa shape index (κ2) is 6.09. The Balaban J connectivity index is 1.19. The molecule has 26 heavy (non-hydrogen) atoms. The highest BCUT2D eigenvalue weighted by atomic mass is 32.1. The molecule has 1 amide bonds. The molecule has 1 saturated heterocycles. The predicted molar refractivity (Wildman–Crippen MR) is 100 cm³/mol. The molecular weight excluding hydrogens is 348 g/mol. The summed E-state index contributed by atoms with van der Waals surface area (Å²) in [7, 11) is 0. The van der Waals surface area contributed by atoms with E-state index in [1.165, 1.54) is 0 Å². The van der Waals surface area contributed by atoms with Crippen LogP contribution in [0.15, 0.2) is 34.1 Å². The van der Waals surface area contributed by atoms with E-state index in [0.29, 0.717) is 5.89 Å². The number of oxazole rings is 1. The average molecular weight is 368 g/mol. The summed E-state index contributed by atoms with van der Waals surface area (Å²) in [4.78, 5) is 23.9. The molecular formula is C19H20N4O2S. The van der Waals surface area contributed by atoms with Crippen LogP contribution < -0.4 is 10.2 Å². The van der Waals surface area contributed by atoms with E-state index >= 15 is 0 Å². The van der Waals surface area contributed by atoms with Crippen LogP contribution in [0.2, 0.25) is 0 Å². The third-order valence-electron chi connectivity index (χ3n) is 5.17. The molecule has 0 bridgehead atoms. The monoisotopic (exact) mass is 368 g/mol. The average Bonchev–Trinajstić information content (AvgIpc) is 2.98. The van der Waals surface area contributed by atoms with Crippen molar-refractivity contribution < 1.29 is 9.21 Å². The van der Waals surface area contributed by atoms with Gasteiger partial charge < -0.3 is 14.6 Å². The molecule has 7 heteroatoms. The number of carbonyl (C=O) groups is 1. The largest absolute Gasteiger partial charge is 0.440 e. The van der Waals surface area contributed by atoms with Crippen LogP contribution in [0.5, 0.6) is 0 Å². The third kappa shape index (κ3) is 2.86. The SMILES string of the molecule is Cc1csc(N2CC[C@@H](NC(=O)[C@H]3C[C@@H]3c3nc4ccccc4o3)C2)n1. The zero-order valence-electron chi connectivity index (χ0n) is 14.5. The van der Waals surface area contributed by atoms with Crippen molar-refractivity contribution >= 4 is 33.5 Å². The number of benzene rings is 1. The van der Waals surface area contributed by atoms with Gasteiger partial charge in [0.1, 0.15) is 5.52 Å². The maximum absolute atomic E-state index is 12.6. The van der Waals surface area contributed by atoms with Gasteiger partial charge in [-0.05, 0) is 31.9 Å². The Labute approximate surface area is 155 Å². The topological polar surface area (TPSA) is 71.3 Å². The van der Waals surface area contributed by atoms with Gasteiger partial charge in [-0.1, -0.05) is 12.1 Å². The molecule has 2 aliphatic rings. The lowest BCUT2D eigenvalue weighted by atomic mass is 10.2. The van der Waals surface area contributed by atoms with Crippen molar-refractivity contribution in [1.29, 1.82) is 0 Å². The Bertz CT molecular complexity index is 932. The maximum Gasteiger partial charge on any atom is 0.224 e. The minimum Gasteiger partial charge on any atom is -0.440 e. The van der Waals surface area contributed by atoms with Crippen LogP contribution in [-0.2, 0) is 4.79 Å². The van der Waals surface area contributed by atoms with Crippen molar-refractivity contribution in [3.05, 3.63) is 41.2 Å². The molecule has 3 atom stereocenters. The number of aromatic nitrogens is 2. The van der Waals surface area contributed by atoms with Gasteiger partial charge in [0.05, 0.1) is 11.6 Å². The lowest BCUT2D eigenvalue weighted by Crippen LogP contribution is -2.38. The molecule has 1 aliphatic carbocycles. The minimum atomic E-state index is -0.0146. The van der Waals surface area contributed by atoms with E-state index in [1.807, 2.05) is 31.2 Å². The Morgan fingerprint density at radius 2 is 2.23 bits per heavy atom. The summed E-state index contributed by atoms with van der Waals surface area (Å²) in [5.41, 5.74) is 2.70. The van der Waals surface area contributed by atoms with E-state index in [4.69, 9.17) is 4.42 Å². The first-order valence-electron chi connectivity index (χ1n) is 9.00. The number of fused-ring (bicyclic) bond motifs is 1. The highest BCUT2D eigenvalue weighted by molar-refractivity contribution is 7.13. The van der Waals surface area contributed by atoms with E-state index in [2.05, 4.69) is 25.6 Å². The van der Waals surface area contributed by atoms with Gasteiger partial charge in [0.25, 0.3) is 0 Å². The quantitative estimate of drug-likeness (QED) is 0.766. The number of carbonyl (C=O) groups excluding carboxylic acids is 1. The number of rotatable bonds is 4. The fourth-order valence-corrected chi connectivity index (χ4v) is 4.49. The van der Waals surface area contributed by atoms with Gasteiger partial charge >= 0.3 is 0 Å². The molecule has 1 aromatic carbocycles. The molecule has 1 N–H and O–H groups in total. The van der Waals surface area contributed by atoms with Crippen LogP contribution >= 0.6 is 11.3 Å². The molecule has 134 valence electrons. The third-order valence-corrected chi connectivity index (χ3v) is 6.19. The number of nitrogens with zero attached hydrogens (tertiary/aromatic N) is 3. The molecule has 3 aromatic rings. The zero-order valence-corrected chi connectivity index (χ0v) is 15.3. The lowest BCUT2D eigenvalue weighted by Gasteiger charge is -2.15. The van der Waals surface area contributed by atoms with Crippen LogP contribution in [0.3, 0.4) is 0 Å². The van der Waals surface area contributed by atoms with Gasteiger partial charge in [0.15, 0.2) is 16.6 Å². The molecule has 2 aromatic heterocycles. The number of para-hydroxylation sites is 2. The van der Waals surface area contributed by atoms with E-state index in [0.717, 1.165) is 47.9 Å². The summed E-state index contributed by atoms with van der Waals surface area (Å²) in [6.07, 6.45) is 1.78. The van der Waals surface area contributed by atoms with Crippen molar-refractivity contribution in [3.8, 4) is 0 Å². The van der Waals surface area contributed by atoms with Crippen LogP contribution in [0.4, 0.5) is 5.13 Å². The van der Waals surface area contributed by atoms with E-state index in [-0.39, 0.29) is 23.8 Å². The number of hydrogen-bond donors (Lipinski definition) is 1. The summed E-state index contributed by atoms with van der Waals surface area (Å²) in [5, 5.41) is 6.32. The molecule has 2 fully saturated rings. The Morgan fingerprint density at radius 3 is 3.04 bits per heavy atom. The van der Waals surface area contributed by atoms with Crippen molar-refractivity contribution in [2.24, 2.45) is 5.92 Å². The number of thiazole rings is 1. The normalized spacial score (nSPS) is 25.0. The van der Waals surface area contributed by atoms with Crippen LogP contribution in [0.1, 0.15) is 30.3 Å². The summed E-state index contributed by atoms with van der Waals surface area (Å²) < 4.78 is 5.81. The van der Waals surface area contributed by atoms with Crippen molar-refractivity contribution in [1.82, 2.24) is 15.3 Å². The molecule has 1 aliphatic heterocycles. The molecule has 0 radical (unpaired) electrons. The van der Waals surface area contributed by atoms with E-state index in [9.17, 15) is 4.79 Å². The van der Waals surface area contributed by atoms with Crippen molar-refractivity contribution in [3.63, 3.8) is 0 Å². The highest BCUT2D eigenvalue weighted by Crippen LogP contribution is 2.47. The smallest absolute Gasteiger partial charge is 0.224 e. The van der Waals surface area contributed by atoms with Crippen LogP contribution in [0.25, 0.3) is 11.1 Å². The number of aryl methyl sites for hydroxylation is 1. The molecule has 6 nitrogen and oxygen atoms in total. The first-order valence-corrected chi connectivity index (χ1v) is 9.88. The standard InChI is InChI=1S/C19H20N4O2S/c1-11-10-26-19(20-11)23-7-6-12(9-23)21-17(24)13-8-14(13)18-22-15-4-2-3-5-16(15)25-18/h2-5,10,12-14H,6-9H2,1H3,(H,21,24)/t12-,13+,14+/m1/s1. The Hall–Kier alpha value is -2.41. The second-order valence-corrected chi connectivity index (χ2v) is 8.02. The molecule has 3 heterocycles. The van der Waals surface area contributed by atoms with Crippen molar-refractivity contribution in [2.75, 3.05) is 18.0 Å². The molecule has 0 unspecified atom stereocenters. The van der Waals surface area contributed by atoms with Crippen LogP contribution in [0, 0.1) is 12.8 Å². The summed E-state index contributed by atoms with van der Waals surface area (Å²) in [5.74, 6) is 0.915. The summed E-state index contributed by atoms with van der Waals surface area (Å²) in [6.45, 7) is 3.78. The maximum atomic E-state index is 12.6. The first-order chi connectivity index (χ1) is 12.7. The second-order valence-electron chi connectivity index (χ2n) is 7.18. The highest BCUT2D eigenvalue weighted by Gasteiger charge is 2.48. The van der Waals surface area contributed by atoms with E-state index < -0.39 is 0 Å². The zero-order chi connectivity index (χ0) is 17.7. The Morgan fingerprint density at radius 1 is 1.35 bits per heavy atom. The molecule has 5 rings (SSSR count). The van der Waals surface area contributed by atoms with Gasteiger partial charge in [-0.25, -0.2) is 9.97 Å². The summed E-state index contributed by atoms with van der Waals surface area (Å²) >= 11 is 1.67. The fraction of sp³-hybridized carbons (Fsp3) is 0.421. The molecule has 0 spiro atoms. The van der Waals surface area contributed by atoms with Gasteiger partial charge in [0, 0.05) is 30.4 Å². The lowest BCUT2D eigenvalue weighted by molar-refractivity contribution is -0.123. The fourth-order valence-electron chi connectivity index (χ4n) is 3.65. The predicted octanol–water partition coefficient (Wildman–Crippen LogP) is 3.09. The summed E-state index contributed by atoms with van der Waals surface area (Å²) in [6, 6.07) is 7.92. The first kappa shape index (κ1) is 15.8. The number of nitrogens with one attached hydrogen (secondary N) is 1. The van der Waals surface area contributed by atoms with Gasteiger partial charge in [0.2, 0.25) is 5.91 Å². The van der Waals surface area contributed by atoms with Gasteiger partial charge in [-0.2, -0.15) is 0 Å². The number of amides is 1.